The van der Waals surface area contributed by atoms with E-state index in [4.69, 9.17) is 0 Å². The topological polar surface area (TPSA) is 106 Å². The number of nitrogens with zero attached hydrogens (tertiary/aromatic N) is 4. The molecule has 0 spiro atoms. The molecule has 1 aliphatic heterocycles. The summed E-state index contributed by atoms with van der Waals surface area (Å²) in [4.78, 5) is 24.6. The number of hydrogen-bond donors (Lipinski definition) is 3. The lowest BCUT2D eigenvalue weighted by Crippen LogP contribution is -2.42. The van der Waals surface area contributed by atoms with E-state index >= 15 is 0 Å². The van der Waals surface area contributed by atoms with Crippen LogP contribution < -0.4 is 21.5 Å². The predicted octanol–water partition coefficient (Wildman–Crippen LogP) is 3.71. The highest BCUT2D eigenvalue weighted by Gasteiger charge is 2.29. The molecule has 0 saturated heterocycles. The number of fused-ring (bicyclic) bond motifs is 1. The Hall–Kier alpha value is -4.54. The summed E-state index contributed by atoms with van der Waals surface area (Å²) in [6.45, 7) is 5.62. The molecule has 196 valence electrons. The summed E-state index contributed by atoms with van der Waals surface area (Å²) in [5, 5.41) is 18.2. The van der Waals surface area contributed by atoms with Crippen LogP contribution in [-0.2, 0) is 6.54 Å². The molecule has 1 atom stereocenters. The van der Waals surface area contributed by atoms with Crippen LogP contribution in [0, 0.1) is 24.5 Å². The van der Waals surface area contributed by atoms with Gasteiger partial charge in [0.25, 0.3) is 5.56 Å². The van der Waals surface area contributed by atoms with E-state index in [9.17, 15) is 18.4 Å². The Morgan fingerprint density at radius 1 is 1.11 bits per heavy atom. The number of para-hydroxylation sites is 1. The third-order valence-corrected chi connectivity index (χ3v) is 6.42. The van der Waals surface area contributed by atoms with Crippen molar-refractivity contribution in [3.8, 4) is 28.2 Å². The molecule has 0 radical (unpaired) electrons. The molecule has 9 nitrogen and oxygen atoms in total. The summed E-state index contributed by atoms with van der Waals surface area (Å²) in [7, 11) is 0. The summed E-state index contributed by atoms with van der Waals surface area (Å²) in [5.74, 6) is -0.848. The van der Waals surface area contributed by atoms with Crippen molar-refractivity contribution in [2.24, 2.45) is 5.92 Å². The number of amides is 2. The van der Waals surface area contributed by atoms with Crippen LogP contribution in [0.3, 0.4) is 0 Å². The van der Waals surface area contributed by atoms with E-state index in [1.807, 2.05) is 32.0 Å². The summed E-state index contributed by atoms with van der Waals surface area (Å²) in [6.07, 6.45) is 0. The highest BCUT2D eigenvalue weighted by atomic mass is 19.1. The van der Waals surface area contributed by atoms with Crippen LogP contribution in [-0.4, -0.2) is 45.2 Å². The maximum atomic E-state index is 15.0. The Labute approximate surface area is 217 Å². The number of urea groups is 1. The van der Waals surface area contributed by atoms with Gasteiger partial charge in [-0.15, -0.1) is 0 Å². The molecule has 1 unspecified atom stereocenters. The molecule has 1 aliphatic rings. The Morgan fingerprint density at radius 2 is 1.92 bits per heavy atom. The molecule has 3 heterocycles. The van der Waals surface area contributed by atoms with Crippen molar-refractivity contribution in [1.82, 2.24) is 30.2 Å². The molecule has 4 aromatic rings. The van der Waals surface area contributed by atoms with Crippen LogP contribution in [0.4, 0.5) is 19.4 Å². The van der Waals surface area contributed by atoms with Gasteiger partial charge in [0, 0.05) is 49.8 Å². The van der Waals surface area contributed by atoms with Gasteiger partial charge in [-0.25, -0.2) is 18.3 Å². The maximum absolute atomic E-state index is 15.0. The van der Waals surface area contributed by atoms with E-state index in [0.717, 1.165) is 11.6 Å². The smallest absolute Gasteiger partial charge is 0.314 e. The van der Waals surface area contributed by atoms with E-state index in [2.05, 4.69) is 26.1 Å². The van der Waals surface area contributed by atoms with Gasteiger partial charge in [-0.05, 0) is 43.7 Å². The number of aryl methyl sites for hydroxylation is 1. The van der Waals surface area contributed by atoms with Gasteiger partial charge >= 0.3 is 6.03 Å². The molecule has 0 saturated carbocycles. The lowest BCUT2D eigenvalue weighted by molar-refractivity contribution is 0.238. The lowest BCUT2D eigenvalue weighted by atomic mass is 10.0. The minimum absolute atomic E-state index is 0.0117. The van der Waals surface area contributed by atoms with Crippen LogP contribution in [0.25, 0.3) is 28.2 Å². The van der Waals surface area contributed by atoms with Crippen LogP contribution >= 0.6 is 0 Å². The number of aromatic nitrogens is 4. The number of anilines is 1. The quantitative estimate of drug-likeness (QED) is 0.360. The largest absolute Gasteiger partial charge is 0.369 e. The number of rotatable bonds is 6. The van der Waals surface area contributed by atoms with E-state index in [0.29, 0.717) is 48.9 Å². The lowest BCUT2D eigenvalue weighted by Gasteiger charge is -2.25. The first-order valence-electron chi connectivity index (χ1n) is 12.3. The molecular weight excluding hydrogens is 492 g/mol. The third kappa shape index (κ3) is 4.86. The van der Waals surface area contributed by atoms with Crippen LogP contribution in [0.2, 0.25) is 0 Å². The second-order valence-electron chi connectivity index (χ2n) is 9.12. The van der Waals surface area contributed by atoms with Crippen molar-refractivity contribution in [3.05, 3.63) is 82.1 Å². The van der Waals surface area contributed by atoms with Gasteiger partial charge in [0.2, 0.25) is 0 Å². The summed E-state index contributed by atoms with van der Waals surface area (Å²) >= 11 is 0. The van der Waals surface area contributed by atoms with Crippen molar-refractivity contribution in [3.63, 3.8) is 0 Å². The van der Waals surface area contributed by atoms with Crippen molar-refractivity contribution >= 4 is 11.8 Å². The summed E-state index contributed by atoms with van der Waals surface area (Å²) in [6, 6.07) is 13.4. The molecule has 2 aromatic heterocycles. The molecular formula is C27H27F2N7O2. The average Bonchev–Trinajstić information content (AvgIpc) is 3.27. The molecule has 38 heavy (non-hydrogen) atoms. The number of hydrogen-bond acceptors (Lipinski definition) is 5. The molecule has 3 N–H and O–H groups in total. The predicted molar refractivity (Wildman–Crippen MR) is 140 cm³/mol. The van der Waals surface area contributed by atoms with Gasteiger partial charge in [-0.2, -0.15) is 14.9 Å². The number of nitrogens with one attached hydrogen (secondary N) is 3. The number of benzene rings is 2. The first-order chi connectivity index (χ1) is 18.4. The Morgan fingerprint density at radius 3 is 2.68 bits per heavy atom. The second-order valence-corrected chi connectivity index (χ2v) is 9.12. The zero-order valence-corrected chi connectivity index (χ0v) is 21.0. The van der Waals surface area contributed by atoms with Crippen LogP contribution in [0.15, 0.2) is 59.4 Å². The van der Waals surface area contributed by atoms with E-state index in [1.165, 1.54) is 22.9 Å². The van der Waals surface area contributed by atoms with Gasteiger partial charge in [0.1, 0.15) is 23.1 Å². The number of halogens is 2. The minimum atomic E-state index is -0.761. The number of carbonyl (C=O) groups is 1. The van der Waals surface area contributed by atoms with Gasteiger partial charge in [-0.3, -0.25) is 4.79 Å². The first kappa shape index (κ1) is 25.1. The minimum Gasteiger partial charge on any atom is -0.369 e. The van der Waals surface area contributed by atoms with Gasteiger partial charge in [0.05, 0.1) is 16.9 Å². The van der Waals surface area contributed by atoms with E-state index in [-0.39, 0.29) is 28.8 Å². The van der Waals surface area contributed by atoms with Crippen molar-refractivity contribution in [1.29, 1.82) is 0 Å². The molecule has 11 heteroatoms. The summed E-state index contributed by atoms with van der Waals surface area (Å²) in [5.41, 5.74) is 2.44. The van der Waals surface area contributed by atoms with Gasteiger partial charge < -0.3 is 16.0 Å². The highest BCUT2D eigenvalue weighted by molar-refractivity contribution is 5.88. The third-order valence-electron chi connectivity index (χ3n) is 6.42. The average molecular weight is 520 g/mol. The highest BCUT2D eigenvalue weighted by Crippen LogP contribution is 2.39. The SMILES string of the molecule is CCNC(=O)NCC1CNc2c(-c3ccc(=O)n(-c4ccccc4C)n3)c(-c3ccc(F)cc3F)nn2C1. The zero-order chi connectivity index (χ0) is 26.8. The molecule has 0 fully saturated rings. The molecule has 2 amide bonds. The Bertz CT molecular complexity index is 1560. The van der Waals surface area contributed by atoms with E-state index < -0.39 is 11.6 Å². The molecule has 0 aliphatic carbocycles. The molecule has 0 bridgehead atoms. The number of carbonyl (C=O) groups excluding carboxylic acids is 1. The first-order valence-corrected chi connectivity index (χ1v) is 12.3. The van der Waals surface area contributed by atoms with E-state index in [1.54, 1.807) is 16.8 Å². The second kappa shape index (κ2) is 10.4. The fourth-order valence-corrected chi connectivity index (χ4v) is 4.55. The summed E-state index contributed by atoms with van der Waals surface area (Å²) < 4.78 is 31.7. The van der Waals surface area contributed by atoms with Gasteiger partial charge in [-0.1, -0.05) is 18.2 Å². The molecule has 2 aromatic carbocycles. The maximum Gasteiger partial charge on any atom is 0.314 e. The van der Waals surface area contributed by atoms with Crippen LogP contribution in [0.1, 0.15) is 12.5 Å². The van der Waals surface area contributed by atoms with Gasteiger partial charge in [0.15, 0.2) is 0 Å². The van der Waals surface area contributed by atoms with Crippen LogP contribution in [0.5, 0.6) is 0 Å². The fourth-order valence-electron chi connectivity index (χ4n) is 4.55. The Kier molecular flexibility index (Phi) is 6.91. The fraction of sp³-hybridized carbons (Fsp3) is 0.259. The molecule has 5 rings (SSSR count). The van der Waals surface area contributed by atoms with Crippen molar-refractivity contribution < 1.29 is 13.6 Å². The van der Waals surface area contributed by atoms with Crippen molar-refractivity contribution in [2.45, 2.75) is 20.4 Å². The monoisotopic (exact) mass is 519 g/mol. The Balaban J connectivity index is 1.60. The zero-order valence-electron chi connectivity index (χ0n) is 21.0. The standard InChI is InChI=1S/C27H27F2N7O2/c1-3-30-27(38)32-14-17-13-31-26-24(25(34-35(26)15-17)19-9-8-18(28)12-20(19)29)21-10-11-23(37)36(33-21)22-7-5-4-6-16(22)2/h4-12,17,31H,3,13-15H2,1-2H3,(H2,30,32,38). The van der Waals surface area contributed by atoms with Crippen molar-refractivity contribution in [2.75, 3.05) is 25.0 Å². The normalized spacial score (nSPS) is 14.5.